The SMILES string of the molecule is CC(CNc1ccccc1)N1CCN2CCCC2C1. The first kappa shape index (κ1) is 12.9. The van der Waals surface area contributed by atoms with E-state index in [1.54, 1.807) is 0 Å². The van der Waals surface area contributed by atoms with Crippen molar-refractivity contribution in [1.29, 1.82) is 0 Å². The lowest BCUT2D eigenvalue weighted by Gasteiger charge is -2.40. The van der Waals surface area contributed by atoms with Crippen LogP contribution in [0.1, 0.15) is 19.8 Å². The zero-order valence-corrected chi connectivity index (χ0v) is 11.9. The third-order valence-corrected chi connectivity index (χ3v) is 4.62. The van der Waals surface area contributed by atoms with Gasteiger partial charge < -0.3 is 5.32 Å². The molecule has 2 aliphatic heterocycles. The van der Waals surface area contributed by atoms with Crippen LogP contribution in [0.2, 0.25) is 0 Å². The normalized spacial score (nSPS) is 26.1. The molecule has 0 radical (unpaired) electrons. The van der Waals surface area contributed by atoms with E-state index in [9.17, 15) is 0 Å². The van der Waals surface area contributed by atoms with Crippen molar-refractivity contribution < 1.29 is 0 Å². The molecule has 0 bridgehead atoms. The van der Waals surface area contributed by atoms with Gasteiger partial charge >= 0.3 is 0 Å². The zero-order chi connectivity index (χ0) is 13.1. The van der Waals surface area contributed by atoms with Crippen molar-refractivity contribution in [3.8, 4) is 0 Å². The molecule has 2 unspecified atom stereocenters. The van der Waals surface area contributed by atoms with Crippen molar-refractivity contribution in [2.75, 3.05) is 38.0 Å². The van der Waals surface area contributed by atoms with Gasteiger partial charge in [-0.25, -0.2) is 0 Å². The topological polar surface area (TPSA) is 18.5 Å². The largest absolute Gasteiger partial charge is 0.383 e. The number of fused-ring (bicyclic) bond motifs is 1. The monoisotopic (exact) mass is 259 g/mol. The van der Waals surface area contributed by atoms with Crippen LogP contribution in [0.15, 0.2) is 30.3 Å². The van der Waals surface area contributed by atoms with E-state index >= 15 is 0 Å². The smallest absolute Gasteiger partial charge is 0.0340 e. The summed E-state index contributed by atoms with van der Waals surface area (Å²) in [6.07, 6.45) is 2.80. The van der Waals surface area contributed by atoms with Crippen molar-refractivity contribution >= 4 is 5.69 Å². The highest BCUT2D eigenvalue weighted by atomic mass is 15.3. The van der Waals surface area contributed by atoms with Crippen LogP contribution < -0.4 is 5.32 Å². The van der Waals surface area contributed by atoms with Gasteiger partial charge in [-0.15, -0.1) is 0 Å². The maximum Gasteiger partial charge on any atom is 0.0340 e. The quantitative estimate of drug-likeness (QED) is 0.895. The molecule has 1 N–H and O–H groups in total. The fraction of sp³-hybridized carbons (Fsp3) is 0.625. The van der Waals surface area contributed by atoms with Crippen LogP contribution in [-0.4, -0.2) is 54.6 Å². The summed E-state index contributed by atoms with van der Waals surface area (Å²) in [6.45, 7) is 8.47. The van der Waals surface area contributed by atoms with E-state index in [0.29, 0.717) is 6.04 Å². The number of hydrogen-bond acceptors (Lipinski definition) is 3. The molecule has 19 heavy (non-hydrogen) atoms. The van der Waals surface area contributed by atoms with E-state index in [-0.39, 0.29) is 0 Å². The Kier molecular flexibility index (Phi) is 4.04. The van der Waals surface area contributed by atoms with E-state index in [4.69, 9.17) is 0 Å². The molecule has 3 heteroatoms. The molecular formula is C16H25N3. The minimum Gasteiger partial charge on any atom is -0.383 e. The van der Waals surface area contributed by atoms with Crippen molar-refractivity contribution in [3.63, 3.8) is 0 Å². The number of piperazine rings is 1. The second-order valence-electron chi connectivity index (χ2n) is 5.92. The minimum atomic E-state index is 0.614. The third kappa shape index (κ3) is 3.10. The Morgan fingerprint density at radius 1 is 1.21 bits per heavy atom. The Morgan fingerprint density at radius 3 is 2.89 bits per heavy atom. The first-order valence-electron chi connectivity index (χ1n) is 7.60. The predicted octanol–water partition coefficient (Wildman–Crippen LogP) is 2.27. The van der Waals surface area contributed by atoms with Gasteiger partial charge in [0.2, 0.25) is 0 Å². The lowest BCUT2D eigenvalue weighted by atomic mass is 10.1. The summed E-state index contributed by atoms with van der Waals surface area (Å²) in [5, 5.41) is 3.55. The molecule has 1 aromatic rings. The minimum absolute atomic E-state index is 0.614. The fourth-order valence-corrected chi connectivity index (χ4v) is 3.37. The molecule has 2 aliphatic rings. The molecule has 0 amide bonds. The van der Waals surface area contributed by atoms with Gasteiger partial charge in [-0.1, -0.05) is 18.2 Å². The van der Waals surface area contributed by atoms with Gasteiger partial charge in [-0.05, 0) is 38.4 Å². The molecule has 3 nitrogen and oxygen atoms in total. The molecule has 2 fully saturated rings. The molecule has 0 saturated carbocycles. The molecule has 2 atom stereocenters. The van der Waals surface area contributed by atoms with Crippen molar-refractivity contribution in [2.24, 2.45) is 0 Å². The fourth-order valence-electron chi connectivity index (χ4n) is 3.37. The number of nitrogens with zero attached hydrogens (tertiary/aromatic N) is 2. The van der Waals surface area contributed by atoms with Crippen LogP contribution in [0.25, 0.3) is 0 Å². The lowest BCUT2D eigenvalue weighted by Crippen LogP contribution is -2.54. The van der Waals surface area contributed by atoms with E-state index in [1.807, 2.05) is 0 Å². The van der Waals surface area contributed by atoms with Crippen molar-refractivity contribution in [1.82, 2.24) is 9.80 Å². The number of nitrogens with one attached hydrogen (secondary N) is 1. The van der Waals surface area contributed by atoms with Gasteiger partial charge in [0.25, 0.3) is 0 Å². The highest BCUT2D eigenvalue weighted by Crippen LogP contribution is 2.22. The molecule has 3 rings (SSSR count). The van der Waals surface area contributed by atoms with Crippen molar-refractivity contribution in [3.05, 3.63) is 30.3 Å². The van der Waals surface area contributed by atoms with Gasteiger partial charge in [0.15, 0.2) is 0 Å². The van der Waals surface area contributed by atoms with Crippen LogP contribution >= 0.6 is 0 Å². The lowest BCUT2D eigenvalue weighted by molar-refractivity contribution is 0.0809. The average Bonchev–Trinajstić information content (AvgIpc) is 2.93. The van der Waals surface area contributed by atoms with Crippen LogP contribution in [0, 0.1) is 0 Å². The standard InChI is InChI=1S/C16H25N3/c1-14(12-17-15-6-3-2-4-7-15)19-11-10-18-9-5-8-16(18)13-19/h2-4,6-7,14,16-17H,5,8-13H2,1H3. The summed E-state index contributed by atoms with van der Waals surface area (Å²) in [5.41, 5.74) is 1.23. The predicted molar refractivity (Wildman–Crippen MR) is 80.6 cm³/mol. The summed E-state index contributed by atoms with van der Waals surface area (Å²) < 4.78 is 0. The van der Waals surface area contributed by atoms with E-state index < -0.39 is 0 Å². The average molecular weight is 259 g/mol. The molecule has 0 aliphatic carbocycles. The summed E-state index contributed by atoms with van der Waals surface area (Å²) in [7, 11) is 0. The highest BCUT2D eigenvalue weighted by molar-refractivity contribution is 5.42. The molecule has 1 aromatic carbocycles. The summed E-state index contributed by atoms with van der Waals surface area (Å²) in [4.78, 5) is 5.33. The second-order valence-corrected chi connectivity index (χ2v) is 5.92. The maximum atomic E-state index is 3.55. The first-order valence-corrected chi connectivity index (χ1v) is 7.60. The van der Waals surface area contributed by atoms with Gasteiger partial charge in [-0.2, -0.15) is 0 Å². The molecule has 104 valence electrons. The van der Waals surface area contributed by atoms with Gasteiger partial charge in [0, 0.05) is 44.0 Å². The number of hydrogen-bond donors (Lipinski definition) is 1. The van der Waals surface area contributed by atoms with Gasteiger partial charge in [0.1, 0.15) is 0 Å². The number of rotatable bonds is 4. The molecular weight excluding hydrogens is 234 g/mol. The van der Waals surface area contributed by atoms with E-state index in [2.05, 4.69) is 52.4 Å². The first-order chi connectivity index (χ1) is 9.33. The second kappa shape index (κ2) is 5.93. The Balaban J connectivity index is 1.49. The van der Waals surface area contributed by atoms with Crippen LogP contribution in [0.5, 0.6) is 0 Å². The molecule has 2 saturated heterocycles. The van der Waals surface area contributed by atoms with E-state index in [0.717, 1.165) is 12.6 Å². The van der Waals surface area contributed by atoms with Crippen LogP contribution in [0.3, 0.4) is 0 Å². The Hall–Kier alpha value is -1.06. The molecule has 0 spiro atoms. The van der Waals surface area contributed by atoms with Gasteiger partial charge in [0.05, 0.1) is 0 Å². The third-order valence-electron chi connectivity index (χ3n) is 4.62. The number of para-hydroxylation sites is 1. The van der Waals surface area contributed by atoms with Gasteiger partial charge in [-0.3, -0.25) is 9.80 Å². The Labute approximate surface area is 116 Å². The maximum absolute atomic E-state index is 3.55. The Bertz CT molecular complexity index is 392. The Morgan fingerprint density at radius 2 is 2.05 bits per heavy atom. The summed E-state index contributed by atoms with van der Waals surface area (Å²) in [5.74, 6) is 0. The van der Waals surface area contributed by atoms with Crippen LogP contribution in [0.4, 0.5) is 5.69 Å². The van der Waals surface area contributed by atoms with Crippen molar-refractivity contribution in [2.45, 2.75) is 31.8 Å². The molecule has 0 aromatic heterocycles. The zero-order valence-electron chi connectivity index (χ0n) is 11.9. The highest BCUT2D eigenvalue weighted by Gasteiger charge is 2.31. The van der Waals surface area contributed by atoms with E-state index in [1.165, 1.54) is 44.7 Å². The number of benzene rings is 1. The number of anilines is 1. The summed E-state index contributed by atoms with van der Waals surface area (Å²) in [6, 6.07) is 12.0. The van der Waals surface area contributed by atoms with Crippen LogP contribution in [-0.2, 0) is 0 Å². The summed E-state index contributed by atoms with van der Waals surface area (Å²) >= 11 is 0. The molecule has 2 heterocycles.